The molecule has 0 aromatic rings. The van der Waals surface area contributed by atoms with Crippen molar-refractivity contribution in [1.82, 2.24) is 5.32 Å². The van der Waals surface area contributed by atoms with Crippen molar-refractivity contribution in [2.45, 2.75) is 37.3 Å². The van der Waals surface area contributed by atoms with Gasteiger partial charge in [-0.05, 0) is 31.6 Å². The third-order valence-electron chi connectivity index (χ3n) is 3.51. The molecule has 0 spiro atoms. The Morgan fingerprint density at radius 2 is 2.31 bits per heavy atom. The smallest absolute Gasteiger partial charge is 0.133 e. The molecule has 4 heteroatoms. The first-order valence-corrected chi connectivity index (χ1v) is 6.07. The molecule has 1 heterocycles. The van der Waals surface area contributed by atoms with Crippen LogP contribution in [0.5, 0.6) is 0 Å². The van der Waals surface area contributed by atoms with Gasteiger partial charge < -0.3 is 9.47 Å². The molecule has 0 aromatic carbocycles. The Bertz CT molecular complexity index is 267. The summed E-state index contributed by atoms with van der Waals surface area (Å²) >= 11 is 0. The average Bonchev–Trinajstić information content (AvgIpc) is 3.03. The van der Waals surface area contributed by atoms with E-state index in [4.69, 9.17) is 9.47 Å². The van der Waals surface area contributed by atoms with Crippen molar-refractivity contribution in [3.05, 3.63) is 0 Å². The lowest BCUT2D eigenvalue weighted by Crippen LogP contribution is -2.52. The van der Waals surface area contributed by atoms with Gasteiger partial charge in [0.2, 0.25) is 0 Å². The number of nitrogens with zero attached hydrogens (tertiary/aromatic N) is 1. The van der Waals surface area contributed by atoms with E-state index in [1.165, 1.54) is 0 Å². The lowest BCUT2D eigenvalue weighted by atomic mass is 9.95. The maximum atomic E-state index is 9.36. The van der Waals surface area contributed by atoms with Gasteiger partial charge in [-0.25, -0.2) is 0 Å². The molecule has 1 aliphatic heterocycles. The van der Waals surface area contributed by atoms with E-state index < -0.39 is 5.54 Å². The van der Waals surface area contributed by atoms with Crippen molar-refractivity contribution in [3.63, 3.8) is 0 Å². The summed E-state index contributed by atoms with van der Waals surface area (Å²) in [5.41, 5.74) is -0.485. The van der Waals surface area contributed by atoms with Crippen LogP contribution in [0.15, 0.2) is 0 Å². The summed E-state index contributed by atoms with van der Waals surface area (Å²) in [6.45, 7) is 2.11. The summed E-state index contributed by atoms with van der Waals surface area (Å²) < 4.78 is 10.7. The number of ether oxygens (including phenoxy) is 2. The summed E-state index contributed by atoms with van der Waals surface area (Å²) in [5, 5.41) is 12.7. The Morgan fingerprint density at radius 3 is 2.81 bits per heavy atom. The van der Waals surface area contributed by atoms with Gasteiger partial charge >= 0.3 is 0 Å². The van der Waals surface area contributed by atoms with Gasteiger partial charge in [0.1, 0.15) is 5.54 Å². The molecule has 2 atom stereocenters. The fourth-order valence-corrected chi connectivity index (χ4v) is 2.38. The van der Waals surface area contributed by atoms with Crippen molar-refractivity contribution in [3.8, 4) is 6.07 Å². The molecule has 90 valence electrons. The topological polar surface area (TPSA) is 54.3 Å². The summed E-state index contributed by atoms with van der Waals surface area (Å²) in [7, 11) is 1.65. The molecular weight excluding hydrogens is 204 g/mol. The molecule has 1 N–H and O–H groups in total. The van der Waals surface area contributed by atoms with E-state index >= 15 is 0 Å². The largest absolute Gasteiger partial charge is 0.382 e. The lowest BCUT2D eigenvalue weighted by molar-refractivity contribution is 0.0836. The zero-order chi connectivity index (χ0) is 11.4. The minimum Gasteiger partial charge on any atom is -0.382 e. The zero-order valence-electron chi connectivity index (χ0n) is 9.87. The van der Waals surface area contributed by atoms with E-state index in [9.17, 15) is 5.26 Å². The SMILES string of the molecule is COCC(C#N)(NCC1CCCO1)C1CC1. The van der Waals surface area contributed by atoms with Crippen molar-refractivity contribution < 1.29 is 9.47 Å². The van der Waals surface area contributed by atoms with Crippen LogP contribution in [0.1, 0.15) is 25.7 Å². The van der Waals surface area contributed by atoms with Crippen LogP contribution in [0.2, 0.25) is 0 Å². The Kier molecular flexibility index (Phi) is 3.80. The highest BCUT2D eigenvalue weighted by molar-refractivity contribution is 5.15. The predicted molar refractivity (Wildman–Crippen MR) is 59.9 cm³/mol. The normalized spacial score (nSPS) is 28.6. The highest BCUT2D eigenvalue weighted by atomic mass is 16.5. The standard InChI is InChI=1S/C12H20N2O2/c1-15-9-12(8-13,10-4-5-10)14-7-11-3-2-6-16-11/h10-11,14H,2-7,9H2,1H3. The van der Waals surface area contributed by atoms with E-state index in [-0.39, 0.29) is 6.10 Å². The third kappa shape index (κ3) is 2.54. The molecule has 0 radical (unpaired) electrons. The van der Waals surface area contributed by atoms with Gasteiger partial charge in [0.25, 0.3) is 0 Å². The van der Waals surface area contributed by atoms with E-state index in [0.29, 0.717) is 12.5 Å². The second-order valence-electron chi connectivity index (χ2n) is 4.81. The van der Waals surface area contributed by atoms with Crippen LogP contribution < -0.4 is 5.32 Å². The van der Waals surface area contributed by atoms with Gasteiger partial charge in [-0.15, -0.1) is 0 Å². The Labute approximate surface area is 96.9 Å². The minimum atomic E-state index is -0.485. The molecule has 0 bridgehead atoms. The number of nitriles is 1. The van der Waals surface area contributed by atoms with E-state index in [0.717, 1.165) is 38.8 Å². The lowest BCUT2D eigenvalue weighted by Gasteiger charge is -2.28. The molecule has 2 unspecified atom stereocenters. The highest BCUT2D eigenvalue weighted by Gasteiger charge is 2.46. The summed E-state index contributed by atoms with van der Waals surface area (Å²) in [6.07, 6.45) is 4.79. The quantitative estimate of drug-likeness (QED) is 0.733. The number of hydrogen-bond donors (Lipinski definition) is 1. The van der Waals surface area contributed by atoms with Gasteiger partial charge in [-0.3, -0.25) is 5.32 Å². The van der Waals surface area contributed by atoms with Gasteiger partial charge in [0.15, 0.2) is 0 Å². The maximum Gasteiger partial charge on any atom is 0.133 e. The van der Waals surface area contributed by atoms with E-state index in [1.54, 1.807) is 7.11 Å². The fraction of sp³-hybridized carbons (Fsp3) is 0.917. The Hall–Kier alpha value is -0.630. The zero-order valence-corrected chi connectivity index (χ0v) is 9.87. The Balaban J connectivity index is 1.88. The molecule has 4 nitrogen and oxygen atoms in total. The minimum absolute atomic E-state index is 0.281. The molecule has 0 amide bonds. The van der Waals surface area contributed by atoms with Crippen LogP contribution in [0.25, 0.3) is 0 Å². The van der Waals surface area contributed by atoms with Gasteiger partial charge in [-0.1, -0.05) is 0 Å². The van der Waals surface area contributed by atoms with Gasteiger partial charge in [0.05, 0.1) is 18.8 Å². The van der Waals surface area contributed by atoms with Crippen molar-refractivity contribution in [2.24, 2.45) is 5.92 Å². The second kappa shape index (κ2) is 5.13. The van der Waals surface area contributed by atoms with Crippen molar-refractivity contribution in [1.29, 1.82) is 5.26 Å². The molecule has 1 saturated heterocycles. The van der Waals surface area contributed by atoms with Crippen molar-refractivity contribution >= 4 is 0 Å². The first-order valence-electron chi connectivity index (χ1n) is 6.07. The number of hydrogen-bond acceptors (Lipinski definition) is 4. The number of rotatable bonds is 6. The summed E-state index contributed by atoms with van der Waals surface area (Å²) in [6, 6.07) is 2.41. The highest BCUT2D eigenvalue weighted by Crippen LogP contribution is 2.39. The molecule has 2 fully saturated rings. The fourth-order valence-electron chi connectivity index (χ4n) is 2.38. The molecule has 1 saturated carbocycles. The molecule has 16 heavy (non-hydrogen) atoms. The summed E-state index contributed by atoms with van der Waals surface area (Å²) in [4.78, 5) is 0. The van der Waals surface area contributed by atoms with Crippen molar-refractivity contribution in [2.75, 3.05) is 26.9 Å². The molecular formula is C12H20N2O2. The molecule has 2 rings (SSSR count). The van der Waals surface area contributed by atoms with Crippen LogP contribution >= 0.6 is 0 Å². The predicted octanol–water partition coefficient (Wildman–Crippen LogP) is 1.07. The van der Waals surface area contributed by atoms with Crippen LogP contribution in [0, 0.1) is 17.2 Å². The third-order valence-corrected chi connectivity index (χ3v) is 3.51. The van der Waals surface area contributed by atoms with Crippen LogP contribution in [0.4, 0.5) is 0 Å². The van der Waals surface area contributed by atoms with Crippen LogP contribution in [0.3, 0.4) is 0 Å². The maximum absolute atomic E-state index is 9.36. The van der Waals surface area contributed by atoms with Gasteiger partial charge in [0, 0.05) is 20.3 Å². The Morgan fingerprint density at radius 1 is 1.50 bits per heavy atom. The second-order valence-corrected chi connectivity index (χ2v) is 4.81. The first-order chi connectivity index (χ1) is 7.80. The van der Waals surface area contributed by atoms with Gasteiger partial charge in [-0.2, -0.15) is 5.26 Å². The number of nitrogens with one attached hydrogen (secondary N) is 1. The summed E-state index contributed by atoms with van der Waals surface area (Å²) in [5.74, 6) is 0.457. The monoisotopic (exact) mass is 224 g/mol. The molecule has 0 aromatic heterocycles. The van der Waals surface area contributed by atoms with E-state index in [2.05, 4.69) is 11.4 Å². The van der Waals surface area contributed by atoms with Crippen LogP contribution in [-0.4, -0.2) is 38.5 Å². The molecule has 1 aliphatic carbocycles. The number of methoxy groups -OCH3 is 1. The molecule has 2 aliphatic rings. The van der Waals surface area contributed by atoms with E-state index in [1.807, 2.05) is 0 Å². The first kappa shape index (κ1) is 11.8. The van der Waals surface area contributed by atoms with Crippen LogP contribution in [-0.2, 0) is 9.47 Å². The average molecular weight is 224 g/mol.